The van der Waals surface area contributed by atoms with Crippen molar-refractivity contribution in [1.29, 1.82) is 0 Å². The molecule has 0 amide bonds. The summed E-state index contributed by atoms with van der Waals surface area (Å²) in [6.45, 7) is 6.95. The molecule has 0 N–H and O–H groups in total. The molecule has 0 spiro atoms. The fourth-order valence-electron chi connectivity index (χ4n) is 4.10. The lowest BCUT2D eigenvalue weighted by molar-refractivity contribution is 0.0600. The second-order valence-corrected chi connectivity index (χ2v) is 7.87. The maximum atomic E-state index is 11.9. The van der Waals surface area contributed by atoms with E-state index in [9.17, 15) is 4.79 Å². The van der Waals surface area contributed by atoms with Gasteiger partial charge in [0.2, 0.25) is 0 Å². The number of benzene rings is 3. The van der Waals surface area contributed by atoms with Gasteiger partial charge in [-0.15, -0.1) is 0 Å². The Morgan fingerprint density at radius 1 is 1.00 bits per heavy atom. The quantitative estimate of drug-likeness (QED) is 0.247. The van der Waals surface area contributed by atoms with E-state index in [-0.39, 0.29) is 5.97 Å². The topological polar surface area (TPSA) is 46.8 Å². The Morgan fingerprint density at radius 3 is 2.48 bits per heavy atom. The van der Waals surface area contributed by atoms with Crippen molar-refractivity contribution < 1.29 is 9.53 Å². The van der Waals surface area contributed by atoms with Crippen LogP contribution in [0, 0.1) is 0 Å². The predicted octanol–water partition coefficient (Wildman–Crippen LogP) is 6.07. The molecule has 1 heterocycles. The first-order chi connectivity index (χ1) is 16.1. The number of carbonyl (C=O) groups is 1. The van der Waals surface area contributed by atoms with E-state index in [4.69, 9.17) is 9.73 Å². The zero-order chi connectivity index (χ0) is 23.2. The lowest BCUT2D eigenvalue weighted by Gasteiger charge is -2.20. The second kappa shape index (κ2) is 10.2. The molecule has 33 heavy (non-hydrogen) atoms. The summed E-state index contributed by atoms with van der Waals surface area (Å²) in [5.74, 6) is -0.325. The highest BCUT2D eigenvalue weighted by molar-refractivity contribution is 6.00. The number of hydrogen-bond donors (Lipinski definition) is 0. The van der Waals surface area contributed by atoms with Gasteiger partial charge in [-0.05, 0) is 61.9 Å². The summed E-state index contributed by atoms with van der Waals surface area (Å²) in [4.78, 5) is 18.9. The third-order valence-electron chi connectivity index (χ3n) is 5.85. The molecule has 4 rings (SSSR count). The number of hydrogen-bond acceptors (Lipinski definition) is 4. The number of nitrogens with zero attached hydrogens (tertiary/aromatic N) is 3. The van der Waals surface area contributed by atoms with E-state index >= 15 is 0 Å². The number of rotatable bonds is 8. The van der Waals surface area contributed by atoms with Gasteiger partial charge in [-0.2, -0.15) is 0 Å². The molecular formula is C28H29N3O2. The Hall–Kier alpha value is -3.86. The minimum atomic E-state index is -0.325. The van der Waals surface area contributed by atoms with Gasteiger partial charge in [0, 0.05) is 54.2 Å². The molecule has 0 fully saturated rings. The van der Waals surface area contributed by atoms with Crippen molar-refractivity contribution in [3.8, 4) is 0 Å². The average Bonchev–Trinajstić information content (AvgIpc) is 3.21. The number of fused-ring (bicyclic) bond motifs is 1. The first-order valence-electron chi connectivity index (χ1n) is 11.3. The van der Waals surface area contributed by atoms with Crippen molar-refractivity contribution >= 4 is 34.5 Å². The lowest BCUT2D eigenvalue weighted by atomic mass is 10.1. The highest BCUT2D eigenvalue weighted by atomic mass is 16.5. The first-order valence-corrected chi connectivity index (χ1v) is 11.3. The summed E-state index contributed by atoms with van der Waals surface area (Å²) in [7, 11) is 1.40. The van der Waals surface area contributed by atoms with Crippen molar-refractivity contribution in [3.05, 3.63) is 95.7 Å². The van der Waals surface area contributed by atoms with Gasteiger partial charge in [0.05, 0.1) is 18.4 Å². The molecule has 1 aromatic heterocycles. The van der Waals surface area contributed by atoms with Gasteiger partial charge in [0.15, 0.2) is 0 Å². The molecule has 0 atom stereocenters. The predicted molar refractivity (Wildman–Crippen MR) is 136 cm³/mol. The van der Waals surface area contributed by atoms with Crippen LogP contribution >= 0.6 is 0 Å². The van der Waals surface area contributed by atoms with Crippen LogP contribution in [0.2, 0.25) is 0 Å². The molecule has 5 nitrogen and oxygen atoms in total. The van der Waals surface area contributed by atoms with Gasteiger partial charge in [0.1, 0.15) is 0 Å². The summed E-state index contributed by atoms with van der Waals surface area (Å²) in [5, 5.41) is 1.14. The van der Waals surface area contributed by atoms with Gasteiger partial charge in [-0.1, -0.05) is 30.3 Å². The number of esters is 1. The highest BCUT2D eigenvalue weighted by Gasteiger charge is 2.10. The van der Waals surface area contributed by atoms with Crippen molar-refractivity contribution in [1.82, 2.24) is 4.57 Å². The molecule has 5 heteroatoms. The Labute approximate surface area is 194 Å². The Bertz CT molecular complexity index is 1270. The molecule has 0 radical (unpaired) electrons. The van der Waals surface area contributed by atoms with Crippen LogP contribution < -0.4 is 4.90 Å². The molecule has 0 unspecified atom stereocenters. The Kier molecular flexibility index (Phi) is 6.89. The van der Waals surface area contributed by atoms with Gasteiger partial charge in [-0.3, -0.25) is 4.99 Å². The largest absolute Gasteiger partial charge is 0.465 e. The minimum Gasteiger partial charge on any atom is -0.465 e. The van der Waals surface area contributed by atoms with E-state index in [0.29, 0.717) is 12.1 Å². The number of aliphatic imine (C=N–C) groups is 1. The van der Waals surface area contributed by atoms with Gasteiger partial charge < -0.3 is 14.2 Å². The summed E-state index contributed by atoms with van der Waals surface area (Å²) < 4.78 is 7.05. The SMILES string of the molecule is CCN(CC)c1ccc(N=Cc2cn(Cc3cccc(C(=O)OC)c3)c3ccccc23)cc1. The summed E-state index contributed by atoms with van der Waals surface area (Å²) in [5.41, 5.74) is 5.91. The van der Waals surface area contributed by atoms with E-state index in [2.05, 4.69) is 65.9 Å². The van der Waals surface area contributed by atoms with Crippen molar-refractivity contribution in [2.75, 3.05) is 25.1 Å². The fraction of sp³-hybridized carbons (Fsp3) is 0.214. The van der Waals surface area contributed by atoms with Crippen molar-refractivity contribution in [3.63, 3.8) is 0 Å². The standard InChI is InChI=1S/C28H29N3O2/c1-4-30(5-2)25-15-13-24(14-16-25)29-18-23-20-31(27-12-7-6-11-26(23)27)19-21-9-8-10-22(17-21)28(32)33-3/h6-18,20H,4-5,19H2,1-3H3. The maximum Gasteiger partial charge on any atom is 0.337 e. The smallest absolute Gasteiger partial charge is 0.337 e. The zero-order valence-corrected chi connectivity index (χ0v) is 19.4. The second-order valence-electron chi connectivity index (χ2n) is 7.87. The summed E-state index contributed by atoms with van der Waals surface area (Å²) in [6, 6.07) is 24.2. The average molecular weight is 440 g/mol. The van der Waals surface area contributed by atoms with Crippen LogP contribution in [0.4, 0.5) is 11.4 Å². The number of para-hydroxylation sites is 1. The molecule has 0 saturated heterocycles. The molecule has 0 saturated carbocycles. The van der Waals surface area contributed by atoms with Crippen LogP contribution in [-0.2, 0) is 11.3 Å². The van der Waals surface area contributed by atoms with Crippen LogP contribution in [-0.4, -0.2) is 37.0 Å². The molecule has 0 bridgehead atoms. The van der Waals surface area contributed by atoms with Crippen LogP contribution in [0.15, 0.2) is 84.0 Å². The molecule has 0 aliphatic carbocycles. The van der Waals surface area contributed by atoms with Crippen LogP contribution in [0.25, 0.3) is 10.9 Å². The molecule has 0 aliphatic heterocycles. The minimum absolute atomic E-state index is 0.325. The van der Waals surface area contributed by atoms with Crippen molar-refractivity contribution in [2.45, 2.75) is 20.4 Å². The molecule has 0 aliphatic rings. The van der Waals surface area contributed by atoms with Gasteiger partial charge in [0.25, 0.3) is 0 Å². The first kappa shape index (κ1) is 22.3. The molecule has 168 valence electrons. The van der Waals surface area contributed by atoms with Crippen LogP contribution in [0.3, 0.4) is 0 Å². The molecular weight excluding hydrogens is 410 g/mol. The number of carbonyl (C=O) groups excluding carboxylic acids is 1. The number of methoxy groups -OCH3 is 1. The van der Waals surface area contributed by atoms with Crippen LogP contribution in [0.1, 0.15) is 35.3 Å². The normalized spacial score (nSPS) is 11.2. The summed E-state index contributed by atoms with van der Waals surface area (Å²) in [6.07, 6.45) is 4.04. The third-order valence-corrected chi connectivity index (χ3v) is 5.85. The van der Waals surface area contributed by atoms with Crippen LogP contribution in [0.5, 0.6) is 0 Å². The van der Waals surface area contributed by atoms with E-state index in [1.807, 2.05) is 36.5 Å². The van der Waals surface area contributed by atoms with Gasteiger partial charge >= 0.3 is 5.97 Å². The van der Waals surface area contributed by atoms with E-state index in [1.165, 1.54) is 12.8 Å². The van der Waals surface area contributed by atoms with E-state index in [1.54, 1.807) is 6.07 Å². The zero-order valence-electron chi connectivity index (χ0n) is 19.4. The number of aromatic nitrogens is 1. The van der Waals surface area contributed by atoms with E-state index in [0.717, 1.165) is 40.8 Å². The fourth-order valence-corrected chi connectivity index (χ4v) is 4.10. The number of ether oxygens (including phenoxy) is 1. The Morgan fingerprint density at radius 2 is 1.76 bits per heavy atom. The summed E-state index contributed by atoms with van der Waals surface area (Å²) >= 11 is 0. The number of anilines is 1. The monoisotopic (exact) mass is 439 g/mol. The maximum absolute atomic E-state index is 11.9. The molecule has 3 aromatic carbocycles. The Balaban J connectivity index is 1.61. The van der Waals surface area contributed by atoms with E-state index < -0.39 is 0 Å². The lowest BCUT2D eigenvalue weighted by Crippen LogP contribution is -2.21. The molecule has 4 aromatic rings. The highest BCUT2D eigenvalue weighted by Crippen LogP contribution is 2.24. The van der Waals surface area contributed by atoms with Gasteiger partial charge in [-0.25, -0.2) is 4.79 Å². The van der Waals surface area contributed by atoms with Crippen molar-refractivity contribution in [2.24, 2.45) is 4.99 Å². The third kappa shape index (κ3) is 4.98.